The van der Waals surface area contributed by atoms with Crippen molar-refractivity contribution < 1.29 is 23.8 Å². The first-order valence-electron chi connectivity index (χ1n) is 9.58. The monoisotopic (exact) mass is 362 g/mol. The van der Waals surface area contributed by atoms with E-state index in [1.54, 1.807) is 0 Å². The average Bonchev–Trinajstić information content (AvgIpc) is 2.62. The highest BCUT2D eigenvalue weighted by molar-refractivity contribution is 6.00. The molecule has 2 fully saturated rings. The van der Waals surface area contributed by atoms with Gasteiger partial charge in [-0.1, -0.05) is 25.8 Å². The summed E-state index contributed by atoms with van der Waals surface area (Å²) in [5, 5.41) is 9.87. The zero-order valence-corrected chi connectivity index (χ0v) is 15.5. The smallest absolute Gasteiger partial charge is 0.309 e. The highest BCUT2D eigenvalue weighted by atomic mass is 19.1. The second-order valence-corrected chi connectivity index (χ2v) is 7.99. The Balaban J connectivity index is 1.59. The van der Waals surface area contributed by atoms with E-state index in [4.69, 9.17) is 4.74 Å². The van der Waals surface area contributed by atoms with Crippen LogP contribution in [0.1, 0.15) is 67.8 Å². The third-order valence-electron chi connectivity index (χ3n) is 6.03. The van der Waals surface area contributed by atoms with Crippen LogP contribution in [0.3, 0.4) is 0 Å². The van der Waals surface area contributed by atoms with Gasteiger partial charge in [0.25, 0.3) is 0 Å². The molecule has 2 unspecified atom stereocenters. The number of carbonyl (C=O) groups excluding carboxylic acids is 2. The maximum Gasteiger partial charge on any atom is 0.309 e. The lowest BCUT2D eigenvalue weighted by atomic mass is 9.77. The van der Waals surface area contributed by atoms with E-state index < -0.39 is 23.3 Å². The molecule has 1 saturated heterocycles. The molecule has 1 aromatic carbocycles. The fraction of sp³-hybridized carbons (Fsp3) is 0.619. The predicted molar refractivity (Wildman–Crippen MR) is 95.5 cm³/mol. The van der Waals surface area contributed by atoms with Gasteiger partial charge in [0.15, 0.2) is 17.3 Å². The maximum absolute atomic E-state index is 13.8. The molecule has 0 aromatic heterocycles. The molecule has 1 aliphatic carbocycles. The van der Waals surface area contributed by atoms with E-state index in [0.29, 0.717) is 12.3 Å². The molecule has 3 rings (SSSR count). The van der Waals surface area contributed by atoms with Crippen LogP contribution in [0.15, 0.2) is 12.1 Å². The second kappa shape index (κ2) is 7.77. The number of phenols is 1. The van der Waals surface area contributed by atoms with Gasteiger partial charge in [0.05, 0.1) is 11.5 Å². The summed E-state index contributed by atoms with van der Waals surface area (Å²) in [6.07, 6.45) is 5.85. The van der Waals surface area contributed by atoms with E-state index in [1.165, 1.54) is 31.9 Å². The number of Topliss-reactive ketones (excluding diaryl/α,β-unsaturated/α-hetero) is 1. The number of aromatic hydroxyl groups is 1. The highest BCUT2D eigenvalue weighted by Gasteiger charge is 2.37. The van der Waals surface area contributed by atoms with Crippen molar-refractivity contribution in [2.24, 2.45) is 17.8 Å². The Bertz CT molecular complexity index is 691. The van der Waals surface area contributed by atoms with Crippen LogP contribution < -0.4 is 0 Å². The van der Waals surface area contributed by atoms with Gasteiger partial charge < -0.3 is 9.84 Å². The zero-order chi connectivity index (χ0) is 18.8. The Hall–Kier alpha value is -1.91. The number of aryl methyl sites for hydroxylation is 1. The zero-order valence-electron chi connectivity index (χ0n) is 15.5. The summed E-state index contributed by atoms with van der Waals surface area (Å²) in [7, 11) is 0. The first-order chi connectivity index (χ1) is 12.4. The van der Waals surface area contributed by atoms with E-state index in [2.05, 4.69) is 6.92 Å². The van der Waals surface area contributed by atoms with Crippen molar-refractivity contribution in [3.8, 4) is 5.75 Å². The van der Waals surface area contributed by atoms with Crippen LogP contribution >= 0.6 is 0 Å². The molecule has 4 nitrogen and oxygen atoms in total. The molecule has 5 heteroatoms. The maximum atomic E-state index is 13.8. The Morgan fingerprint density at radius 3 is 2.54 bits per heavy atom. The molecule has 1 saturated carbocycles. The fourth-order valence-electron chi connectivity index (χ4n) is 4.19. The van der Waals surface area contributed by atoms with Gasteiger partial charge in [0.2, 0.25) is 0 Å². The third kappa shape index (κ3) is 3.92. The van der Waals surface area contributed by atoms with Crippen LogP contribution in [0.2, 0.25) is 0 Å². The van der Waals surface area contributed by atoms with Crippen molar-refractivity contribution in [1.82, 2.24) is 0 Å². The number of ketones is 1. The number of rotatable bonds is 4. The van der Waals surface area contributed by atoms with Crippen molar-refractivity contribution in [2.75, 3.05) is 0 Å². The van der Waals surface area contributed by atoms with Gasteiger partial charge in [-0.2, -0.15) is 0 Å². The second-order valence-electron chi connectivity index (χ2n) is 7.99. The summed E-state index contributed by atoms with van der Waals surface area (Å²) in [4.78, 5) is 24.8. The lowest BCUT2D eigenvalue weighted by Gasteiger charge is -2.36. The lowest BCUT2D eigenvalue weighted by Crippen LogP contribution is -2.37. The van der Waals surface area contributed by atoms with Crippen LogP contribution in [0.4, 0.5) is 4.39 Å². The molecule has 1 aromatic rings. The standard InChI is InChI=1S/C21H27FO4/c1-12-3-6-14(7-4-12)18-10-8-15(21(25)26-18)11-17(23)16-9-5-13(2)19(22)20(16)24/h5,9,12,14-15,18,24H,3-4,6-8,10-11H2,1-2H3. The number of halogens is 1. The Morgan fingerprint density at radius 1 is 1.19 bits per heavy atom. The lowest BCUT2D eigenvalue weighted by molar-refractivity contribution is -0.164. The van der Waals surface area contributed by atoms with E-state index in [-0.39, 0.29) is 29.6 Å². The summed E-state index contributed by atoms with van der Waals surface area (Å²) in [6.45, 7) is 3.78. The number of carbonyl (C=O) groups is 2. The normalized spacial score (nSPS) is 29.3. The number of ether oxygens (including phenoxy) is 1. The minimum absolute atomic E-state index is 0.0356. The summed E-state index contributed by atoms with van der Waals surface area (Å²) >= 11 is 0. The molecule has 0 amide bonds. The predicted octanol–water partition coefficient (Wildman–Crippen LogP) is 4.56. The number of benzene rings is 1. The molecular formula is C21H27FO4. The van der Waals surface area contributed by atoms with E-state index in [0.717, 1.165) is 25.2 Å². The van der Waals surface area contributed by atoms with E-state index in [1.807, 2.05) is 0 Å². The Kier molecular flexibility index (Phi) is 5.64. The molecule has 1 N–H and O–H groups in total. The number of esters is 1. The van der Waals surface area contributed by atoms with Gasteiger partial charge in [-0.25, -0.2) is 4.39 Å². The first-order valence-corrected chi connectivity index (χ1v) is 9.58. The number of cyclic esters (lactones) is 1. The SMILES string of the molecule is Cc1ccc(C(=O)CC2CCC(C3CCC(C)CC3)OC2=O)c(O)c1F. The van der Waals surface area contributed by atoms with E-state index >= 15 is 0 Å². The van der Waals surface area contributed by atoms with Crippen LogP contribution in [0.25, 0.3) is 0 Å². The minimum Gasteiger partial charge on any atom is -0.504 e. The molecule has 2 aliphatic rings. The minimum atomic E-state index is -0.784. The molecule has 26 heavy (non-hydrogen) atoms. The summed E-state index contributed by atoms with van der Waals surface area (Å²) in [5.74, 6) is -1.50. The Morgan fingerprint density at radius 2 is 1.88 bits per heavy atom. The van der Waals surface area contributed by atoms with Crippen molar-refractivity contribution in [1.29, 1.82) is 0 Å². The van der Waals surface area contributed by atoms with Gasteiger partial charge in [-0.15, -0.1) is 0 Å². The van der Waals surface area contributed by atoms with Crippen molar-refractivity contribution in [3.05, 3.63) is 29.1 Å². The molecule has 1 heterocycles. The fourth-order valence-corrected chi connectivity index (χ4v) is 4.19. The summed E-state index contributed by atoms with van der Waals surface area (Å²) in [6, 6.07) is 2.87. The quantitative estimate of drug-likeness (QED) is 0.630. The molecule has 0 spiro atoms. The van der Waals surface area contributed by atoms with E-state index in [9.17, 15) is 19.1 Å². The van der Waals surface area contributed by atoms with Crippen LogP contribution in [-0.2, 0) is 9.53 Å². The summed E-state index contributed by atoms with van der Waals surface area (Å²) in [5.41, 5.74) is 0.213. The average molecular weight is 362 g/mol. The van der Waals surface area contributed by atoms with Crippen molar-refractivity contribution in [2.45, 2.75) is 64.9 Å². The molecular weight excluding hydrogens is 335 g/mol. The molecule has 1 aliphatic heterocycles. The van der Waals surface area contributed by atoms with Crippen molar-refractivity contribution in [3.63, 3.8) is 0 Å². The topological polar surface area (TPSA) is 63.6 Å². The van der Waals surface area contributed by atoms with Gasteiger partial charge in [-0.05, 0) is 56.1 Å². The molecule has 142 valence electrons. The van der Waals surface area contributed by atoms with Gasteiger partial charge in [0.1, 0.15) is 6.10 Å². The largest absolute Gasteiger partial charge is 0.504 e. The van der Waals surface area contributed by atoms with Crippen LogP contribution in [-0.4, -0.2) is 23.0 Å². The number of hydrogen-bond acceptors (Lipinski definition) is 4. The highest BCUT2D eigenvalue weighted by Crippen LogP contribution is 2.37. The van der Waals surface area contributed by atoms with Gasteiger partial charge >= 0.3 is 5.97 Å². The third-order valence-corrected chi connectivity index (χ3v) is 6.03. The van der Waals surface area contributed by atoms with Crippen LogP contribution in [0.5, 0.6) is 5.75 Å². The van der Waals surface area contributed by atoms with Crippen molar-refractivity contribution >= 4 is 11.8 Å². The first kappa shape index (κ1) is 18.9. The van der Waals surface area contributed by atoms with Gasteiger partial charge in [0, 0.05) is 6.42 Å². The summed E-state index contributed by atoms with van der Waals surface area (Å²) < 4.78 is 19.5. The number of phenolic OH excluding ortho intramolecular Hbond substituents is 1. The number of hydrogen-bond donors (Lipinski definition) is 1. The Labute approximate surface area is 153 Å². The molecule has 2 atom stereocenters. The molecule has 0 bridgehead atoms. The van der Waals surface area contributed by atoms with Crippen LogP contribution in [0, 0.1) is 30.5 Å². The molecule has 0 radical (unpaired) electrons. The van der Waals surface area contributed by atoms with Gasteiger partial charge in [-0.3, -0.25) is 9.59 Å².